The summed E-state index contributed by atoms with van der Waals surface area (Å²) in [6.45, 7) is 5.40. The van der Waals surface area contributed by atoms with Gasteiger partial charge in [0.15, 0.2) is 0 Å². The Morgan fingerprint density at radius 1 is 1.22 bits per heavy atom. The highest BCUT2D eigenvalue weighted by molar-refractivity contribution is 7.97. The van der Waals surface area contributed by atoms with Gasteiger partial charge in [0.2, 0.25) is 5.91 Å². The molecule has 0 atom stereocenters. The molecule has 1 aromatic carbocycles. The molecule has 98 valence electrons. The maximum absolute atomic E-state index is 11.4. The van der Waals surface area contributed by atoms with E-state index in [0.29, 0.717) is 0 Å². The summed E-state index contributed by atoms with van der Waals surface area (Å²) in [4.78, 5) is 14.5. The largest absolute Gasteiger partial charge is 0.339 e. The van der Waals surface area contributed by atoms with Crippen molar-refractivity contribution < 1.29 is 4.79 Å². The van der Waals surface area contributed by atoms with E-state index in [0.717, 1.165) is 26.2 Å². The van der Waals surface area contributed by atoms with E-state index in [1.54, 1.807) is 11.9 Å². The van der Waals surface area contributed by atoms with Crippen LogP contribution in [0.5, 0.6) is 0 Å². The third-order valence-electron chi connectivity index (χ3n) is 2.96. The quantitative estimate of drug-likeness (QED) is 0.629. The van der Waals surface area contributed by atoms with Gasteiger partial charge in [-0.2, -0.15) is 0 Å². The van der Waals surface area contributed by atoms with Gasteiger partial charge >= 0.3 is 0 Å². The molecule has 1 aliphatic heterocycles. The molecule has 0 radical (unpaired) electrons. The lowest BCUT2D eigenvalue weighted by atomic mass is 10.2. The van der Waals surface area contributed by atoms with Crippen molar-refractivity contribution in [2.75, 3.05) is 32.1 Å². The second-order valence-electron chi connectivity index (χ2n) is 4.35. The van der Waals surface area contributed by atoms with Crippen molar-refractivity contribution in [1.29, 1.82) is 0 Å². The first-order valence-corrected chi connectivity index (χ1v) is 7.33. The summed E-state index contributed by atoms with van der Waals surface area (Å²) < 4.78 is 2.29. The molecular weight excluding hydrogens is 268 g/mol. The molecule has 0 unspecified atom stereocenters. The van der Waals surface area contributed by atoms with Crippen molar-refractivity contribution >= 4 is 29.5 Å². The first kappa shape index (κ1) is 13.7. The molecule has 1 aliphatic rings. The fraction of sp³-hybridized carbons (Fsp3) is 0.462. The maximum Gasteiger partial charge on any atom is 0.237 e. The monoisotopic (exact) mass is 284 g/mol. The van der Waals surface area contributed by atoms with Crippen molar-refractivity contribution in [3.05, 3.63) is 29.8 Å². The van der Waals surface area contributed by atoms with Gasteiger partial charge in [0, 0.05) is 31.1 Å². The van der Waals surface area contributed by atoms with E-state index in [1.165, 1.54) is 10.5 Å². The van der Waals surface area contributed by atoms with Gasteiger partial charge in [-0.05, 0) is 31.0 Å². The molecule has 1 fully saturated rings. The number of carbonyl (C=O) groups excluding carboxylic acids is 1. The zero-order valence-corrected chi connectivity index (χ0v) is 12.0. The van der Waals surface area contributed by atoms with Gasteiger partial charge in [-0.3, -0.25) is 4.79 Å². The predicted molar refractivity (Wildman–Crippen MR) is 75.9 cm³/mol. The number of halogens is 1. The average molecular weight is 285 g/mol. The van der Waals surface area contributed by atoms with Crippen LogP contribution in [-0.2, 0) is 4.79 Å². The summed E-state index contributed by atoms with van der Waals surface area (Å²) >= 11 is 7.31. The molecule has 1 amide bonds. The van der Waals surface area contributed by atoms with E-state index >= 15 is 0 Å². The van der Waals surface area contributed by atoms with Crippen LogP contribution in [0, 0.1) is 6.92 Å². The minimum atomic E-state index is 0.0386. The summed E-state index contributed by atoms with van der Waals surface area (Å²) in [5, 5.41) is 0. The molecule has 0 spiro atoms. The molecule has 1 aromatic rings. The minimum absolute atomic E-state index is 0.0386. The molecule has 0 bridgehead atoms. The van der Waals surface area contributed by atoms with E-state index < -0.39 is 0 Å². The molecule has 0 aliphatic carbocycles. The number of hydrogen-bond donors (Lipinski definition) is 0. The molecule has 0 saturated carbocycles. The SMILES string of the molecule is Cc1ccc(SN2CCN(C(=O)CCl)CC2)cc1. The lowest BCUT2D eigenvalue weighted by molar-refractivity contribution is -0.129. The molecule has 5 heteroatoms. The Balaban J connectivity index is 1.83. The highest BCUT2D eigenvalue weighted by atomic mass is 35.5. The minimum Gasteiger partial charge on any atom is -0.339 e. The van der Waals surface area contributed by atoms with Crippen LogP contribution in [0.2, 0.25) is 0 Å². The van der Waals surface area contributed by atoms with Gasteiger partial charge in [-0.25, -0.2) is 4.31 Å². The number of hydrogen-bond acceptors (Lipinski definition) is 3. The van der Waals surface area contributed by atoms with Crippen molar-refractivity contribution in [2.45, 2.75) is 11.8 Å². The van der Waals surface area contributed by atoms with Crippen LogP contribution in [0.3, 0.4) is 0 Å². The number of aryl methyl sites for hydroxylation is 1. The zero-order chi connectivity index (χ0) is 13.0. The van der Waals surface area contributed by atoms with Crippen molar-refractivity contribution in [2.24, 2.45) is 0 Å². The maximum atomic E-state index is 11.4. The van der Waals surface area contributed by atoms with E-state index in [9.17, 15) is 4.79 Å². The van der Waals surface area contributed by atoms with Crippen molar-refractivity contribution in [1.82, 2.24) is 9.21 Å². The fourth-order valence-electron chi connectivity index (χ4n) is 1.86. The summed E-state index contributed by atoms with van der Waals surface area (Å²) in [7, 11) is 0. The van der Waals surface area contributed by atoms with E-state index in [4.69, 9.17) is 11.6 Å². The number of amides is 1. The summed E-state index contributed by atoms with van der Waals surface area (Å²) in [5.41, 5.74) is 1.27. The van der Waals surface area contributed by atoms with Gasteiger partial charge in [-0.15, -0.1) is 11.6 Å². The average Bonchev–Trinajstić information content (AvgIpc) is 2.41. The Morgan fingerprint density at radius 2 is 1.83 bits per heavy atom. The standard InChI is InChI=1S/C13H17ClN2OS/c1-11-2-4-12(5-3-11)18-16-8-6-15(7-9-16)13(17)10-14/h2-5H,6-10H2,1H3. The lowest BCUT2D eigenvalue weighted by Gasteiger charge is -2.33. The summed E-state index contributed by atoms with van der Waals surface area (Å²) in [6, 6.07) is 8.51. The van der Waals surface area contributed by atoms with Crippen LogP contribution < -0.4 is 0 Å². The number of carbonyl (C=O) groups is 1. The van der Waals surface area contributed by atoms with Crippen LogP contribution >= 0.6 is 23.5 Å². The molecule has 2 rings (SSSR count). The van der Waals surface area contributed by atoms with Crippen molar-refractivity contribution in [3.63, 3.8) is 0 Å². The molecule has 18 heavy (non-hydrogen) atoms. The van der Waals surface area contributed by atoms with Gasteiger partial charge in [0.05, 0.1) is 0 Å². The fourth-order valence-corrected chi connectivity index (χ4v) is 2.93. The second-order valence-corrected chi connectivity index (χ2v) is 5.79. The first-order valence-electron chi connectivity index (χ1n) is 6.02. The normalized spacial score (nSPS) is 16.9. The number of rotatable bonds is 3. The van der Waals surface area contributed by atoms with Crippen LogP contribution in [0.1, 0.15) is 5.56 Å². The third kappa shape index (κ3) is 3.64. The number of benzene rings is 1. The Morgan fingerprint density at radius 3 is 2.39 bits per heavy atom. The predicted octanol–water partition coefficient (Wildman–Crippen LogP) is 2.39. The first-order chi connectivity index (χ1) is 8.69. The van der Waals surface area contributed by atoms with Gasteiger partial charge in [0.25, 0.3) is 0 Å². The van der Waals surface area contributed by atoms with Crippen molar-refractivity contribution in [3.8, 4) is 0 Å². The highest BCUT2D eigenvalue weighted by Crippen LogP contribution is 2.24. The topological polar surface area (TPSA) is 23.6 Å². The van der Waals surface area contributed by atoms with Gasteiger partial charge < -0.3 is 4.90 Å². The Kier molecular flexibility index (Phi) is 4.92. The Bertz CT molecular complexity index is 402. The van der Waals surface area contributed by atoms with E-state index in [1.807, 2.05) is 4.90 Å². The molecule has 1 heterocycles. The summed E-state index contributed by atoms with van der Waals surface area (Å²) in [6.07, 6.45) is 0. The summed E-state index contributed by atoms with van der Waals surface area (Å²) in [5.74, 6) is 0.127. The Hall–Kier alpha value is -0.710. The number of nitrogens with zero attached hydrogens (tertiary/aromatic N) is 2. The third-order valence-corrected chi connectivity index (χ3v) is 4.30. The Labute approximate surface area is 117 Å². The molecule has 0 aromatic heterocycles. The van der Waals surface area contributed by atoms with Gasteiger partial charge in [0.1, 0.15) is 5.88 Å². The molecule has 1 saturated heterocycles. The van der Waals surface area contributed by atoms with Crippen LogP contribution in [0.25, 0.3) is 0 Å². The number of piperazine rings is 1. The smallest absolute Gasteiger partial charge is 0.237 e. The zero-order valence-electron chi connectivity index (χ0n) is 10.4. The number of alkyl halides is 1. The van der Waals surface area contributed by atoms with Crippen LogP contribution in [0.4, 0.5) is 0 Å². The van der Waals surface area contributed by atoms with E-state index in [2.05, 4.69) is 35.5 Å². The van der Waals surface area contributed by atoms with E-state index in [-0.39, 0.29) is 11.8 Å². The van der Waals surface area contributed by atoms with Gasteiger partial charge in [-0.1, -0.05) is 17.7 Å². The lowest BCUT2D eigenvalue weighted by Crippen LogP contribution is -2.46. The molecule has 3 nitrogen and oxygen atoms in total. The van der Waals surface area contributed by atoms with Crippen LogP contribution in [-0.4, -0.2) is 47.2 Å². The molecular formula is C13H17ClN2OS. The van der Waals surface area contributed by atoms with Crippen LogP contribution in [0.15, 0.2) is 29.2 Å². The highest BCUT2D eigenvalue weighted by Gasteiger charge is 2.20. The second kappa shape index (κ2) is 6.45. The molecule has 0 N–H and O–H groups in total.